The lowest BCUT2D eigenvalue weighted by atomic mass is 9.98. The van der Waals surface area contributed by atoms with Crippen molar-refractivity contribution >= 4 is 57.6 Å². The van der Waals surface area contributed by atoms with Crippen LogP contribution in [0, 0.1) is 0 Å². The van der Waals surface area contributed by atoms with E-state index in [2.05, 4.69) is 71.8 Å². The van der Waals surface area contributed by atoms with Gasteiger partial charge in [0.1, 0.15) is 5.82 Å². The van der Waals surface area contributed by atoms with E-state index in [1.807, 2.05) is 30.3 Å². The van der Waals surface area contributed by atoms with Crippen molar-refractivity contribution in [3.63, 3.8) is 0 Å². The largest absolute Gasteiger partial charge is 0.270 e. The first-order chi connectivity index (χ1) is 11.7. The maximum Gasteiger partial charge on any atom is 0.257 e. The van der Waals surface area contributed by atoms with E-state index in [1.54, 1.807) is 4.57 Å². The molecule has 0 spiro atoms. The first-order valence-electron chi connectivity index (χ1n) is 8.06. The number of halogens is 3. The standard InChI is InChI=1S/C16H20Br3N3O2S/c1-3-5-9-12(4-2)14-20-21-15(25(23,24)16(17,18)19)22(14)13-10-7-6-8-11-13/h6-8,10-12H,3-5,9H2,1-2H3. The number of unbranched alkanes of at least 4 members (excludes halogenated alkanes) is 1. The third-order valence-corrected chi connectivity index (χ3v) is 9.17. The van der Waals surface area contributed by atoms with Crippen LogP contribution < -0.4 is 0 Å². The monoisotopic (exact) mass is 555 g/mol. The van der Waals surface area contributed by atoms with Crippen LogP contribution in [0.5, 0.6) is 0 Å². The number of alkyl halides is 3. The summed E-state index contributed by atoms with van der Waals surface area (Å²) in [6.07, 6.45) is 3.95. The Morgan fingerprint density at radius 2 is 1.76 bits per heavy atom. The van der Waals surface area contributed by atoms with E-state index in [9.17, 15) is 8.42 Å². The fraction of sp³-hybridized carbons (Fsp3) is 0.500. The minimum Gasteiger partial charge on any atom is -0.270 e. The predicted molar refractivity (Wildman–Crippen MR) is 111 cm³/mol. The van der Waals surface area contributed by atoms with Gasteiger partial charge in [0.2, 0.25) is 11.3 Å². The molecule has 1 atom stereocenters. The maximum atomic E-state index is 12.9. The van der Waals surface area contributed by atoms with Gasteiger partial charge in [0.25, 0.3) is 5.16 Å². The Labute approximate surface area is 173 Å². The van der Waals surface area contributed by atoms with Crippen LogP contribution >= 0.6 is 47.8 Å². The van der Waals surface area contributed by atoms with Crippen molar-refractivity contribution in [1.82, 2.24) is 14.8 Å². The first-order valence-corrected chi connectivity index (χ1v) is 11.9. The molecule has 2 aromatic rings. The van der Waals surface area contributed by atoms with E-state index < -0.39 is 11.3 Å². The molecule has 0 bridgehead atoms. The Morgan fingerprint density at radius 3 is 2.28 bits per heavy atom. The summed E-state index contributed by atoms with van der Waals surface area (Å²) in [6, 6.07) is 9.34. The minimum absolute atomic E-state index is 0.103. The third kappa shape index (κ3) is 4.54. The first kappa shape index (κ1) is 21.1. The number of hydrogen-bond donors (Lipinski definition) is 0. The second-order valence-electron chi connectivity index (χ2n) is 5.71. The van der Waals surface area contributed by atoms with Crippen molar-refractivity contribution in [3.05, 3.63) is 36.2 Å². The number of para-hydroxylation sites is 1. The topological polar surface area (TPSA) is 64.8 Å². The molecule has 9 heteroatoms. The molecule has 0 fully saturated rings. The molecule has 0 amide bonds. The average Bonchev–Trinajstić information content (AvgIpc) is 3.01. The fourth-order valence-electron chi connectivity index (χ4n) is 2.61. The Morgan fingerprint density at radius 1 is 1.12 bits per heavy atom. The number of rotatable bonds is 7. The molecule has 1 aromatic carbocycles. The molecule has 1 unspecified atom stereocenters. The van der Waals surface area contributed by atoms with E-state index in [1.165, 1.54) is 0 Å². The van der Waals surface area contributed by atoms with Gasteiger partial charge in [-0.15, -0.1) is 10.2 Å². The molecule has 0 aliphatic rings. The zero-order valence-corrected chi connectivity index (χ0v) is 19.6. The van der Waals surface area contributed by atoms with Crippen LogP contribution in [0.1, 0.15) is 51.3 Å². The quantitative estimate of drug-likeness (QED) is 0.420. The SMILES string of the molecule is CCCCC(CC)c1nnc(S(=O)(=O)C(Br)(Br)Br)n1-c1ccccc1. The van der Waals surface area contributed by atoms with Crippen LogP contribution in [-0.4, -0.2) is 24.7 Å². The summed E-state index contributed by atoms with van der Waals surface area (Å²) >= 11 is 9.34. The second-order valence-corrected chi connectivity index (χ2v) is 16.0. The lowest BCUT2D eigenvalue weighted by Gasteiger charge is -2.18. The highest BCUT2D eigenvalue weighted by molar-refractivity contribution is 9.42. The highest BCUT2D eigenvalue weighted by atomic mass is 80.0. The van der Waals surface area contributed by atoms with Crippen molar-refractivity contribution in [2.24, 2.45) is 0 Å². The lowest BCUT2D eigenvalue weighted by molar-refractivity contribution is 0.530. The van der Waals surface area contributed by atoms with Gasteiger partial charge in [-0.3, -0.25) is 4.57 Å². The van der Waals surface area contributed by atoms with Crippen LogP contribution in [0.2, 0.25) is 0 Å². The molecular weight excluding hydrogens is 538 g/mol. The van der Waals surface area contributed by atoms with Crippen molar-refractivity contribution in [2.75, 3.05) is 0 Å². The Bertz CT molecular complexity index is 802. The Kier molecular flexibility index (Phi) is 7.26. The van der Waals surface area contributed by atoms with Gasteiger partial charge >= 0.3 is 0 Å². The van der Waals surface area contributed by atoms with Crippen LogP contribution in [0.15, 0.2) is 35.5 Å². The molecule has 25 heavy (non-hydrogen) atoms. The molecule has 138 valence electrons. The molecule has 0 aliphatic heterocycles. The van der Waals surface area contributed by atoms with Gasteiger partial charge in [0.05, 0.1) is 0 Å². The van der Waals surface area contributed by atoms with Crippen molar-refractivity contribution < 1.29 is 8.42 Å². The molecule has 0 saturated heterocycles. The van der Waals surface area contributed by atoms with Crippen LogP contribution in [0.3, 0.4) is 0 Å². The molecule has 0 N–H and O–H groups in total. The number of sulfone groups is 1. The lowest BCUT2D eigenvalue weighted by Crippen LogP contribution is -2.22. The van der Waals surface area contributed by atoms with Crippen LogP contribution in [-0.2, 0) is 9.84 Å². The molecule has 0 radical (unpaired) electrons. The Hall–Kier alpha value is -0.250. The summed E-state index contributed by atoms with van der Waals surface area (Å²) in [6.45, 7) is 4.22. The summed E-state index contributed by atoms with van der Waals surface area (Å²) in [4.78, 5) is 0. The number of hydrogen-bond acceptors (Lipinski definition) is 4. The van der Waals surface area contributed by atoms with E-state index in [0.717, 1.165) is 31.4 Å². The second kappa shape index (κ2) is 8.63. The summed E-state index contributed by atoms with van der Waals surface area (Å²) in [7, 11) is -3.86. The minimum atomic E-state index is -3.86. The smallest absolute Gasteiger partial charge is 0.257 e. The highest BCUT2D eigenvalue weighted by Crippen LogP contribution is 2.43. The Balaban J connectivity index is 2.67. The van der Waals surface area contributed by atoms with Crippen LogP contribution in [0.4, 0.5) is 0 Å². The molecular formula is C16H20Br3N3O2S. The maximum absolute atomic E-state index is 12.9. The molecule has 5 nitrogen and oxygen atoms in total. The molecule has 0 aliphatic carbocycles. The highest BCUT2D eigenvalue weighted by Gasteiger charge is 2.42. The van der Waals surface area contributed by atoms with E-state index >= 15 is 0 Å². The molecule has 1 heterocycles. The number of benzene rings is 1. The predicted octanol–water partition coefficient (Wildman–Crippen LogP) is 5.52. The normalized spacial score (nSPS) is 13.8. The van der Waals surface area contributed by atoms with Gasteiger partial charge in [0, 0.05) is 11.6 Å². The van der Waals surface area contributed by atoms with Gasteiger partial charge in [-0.2, -0.15) is 0 Å². The van der Waals surface area contributed by atoms with Gasteiger partial charge < -0.3 is 0 Å². The van der Waals surface area contributed by atoms with E-state index in [-0.39, 0.29) is 11.1 Å². The van der Waals surface area contributed by atoms with Crippen molar-refractivity contribution in [2.45, 2.75) is 52.1 Å². The summed E-state index contributed by atoms with van der Waals surface area (Å²) in [5, 5.41) is 8.21. The van der Waals surface area contributed by atoms with E-state index in [4.69, 9.17) is 0 Å². The van der Waals surface area contributed by atoms with Crippen molar-refractivity contribution in [3.8, 4) is 5.69 Å². The third-order valence-electron chi connectivity index (χ3n) is 3.98. The van der Waals surface area contributed by atoms with Crippen LogP contribution in [0.25, 0.3) is 5.69 Å². The molecule has 0 saturated carbocycles. The molecule has 1 aromatic heterocycles. The van der Waals surface area contributed by atoms with Gasteiger partial charge in [-0.25, -0.2) is 8.42 Å². The zero-order valence-electron chi connectivity index (χ0n) is 14.0. The number of nitrogens with zero attached hydrogens (tertiary/aromatic N) is 3. The average molecular weight is 558 g/mol. The number of aromatic nitrogens is 3. The summed E-state index contributed by atoms with van der Waals surface area (Å²) < 4.78 is 26.0. The van der Waals surface area contributed by atoms with E-state index in [0.29, 0.717) is 5.82 Å². The fourth-order valence-corrected chi connectivity index (χ4v) is 4.71. The zero-order chi connectivity index (χ0) is 18.7. The summed E-state index contributed by atoms with van der Waals surface area (Å²) in [5.74, 6) is 0.824. The van der Waals surface area contributed by atoms with Gasteiger partial charge in [-0.1, -0.05) is 44.9 Å². The van der Waals surface area contributed by atoms with Crippen molar-refractivity contribution in [1.29, 1.82) is 0 Å². The molecule has 2 rings (SSSR count). The van der Waals surface area contributed by atoms with Gasteiger partial charge in [0.15, 0.2) is 0 Å². The van der Waals surface area contributed by atoms with Gasteiger partial charge in [-0.05, 0) is 72.8 Å². The summed E-state index contributed by atoms with van der Waals surface area (Å²) in [5.41, 5.74) is 0.729.